The van der Waals surface area contributed by atoms with Crippen molar-refractivity contribution in [2.75, 3.05) is 7.11 Å². The van der Waals surface area contributed by atoms with E-state index >= 15 is 0 Å². The van der Waals surface area contributed by atoms with Gasteiger partial charge >= 0.3 is 0 Å². The van der Waals surface area contributed by atoms with Gasteiger partial charge in [0.05, 0.1) is 7.11 Å². The summed E-state index contributed by atoms with van der Waals surface area (Å²) in [6.07, 6.45) is 7.83. The second-order valence-corrected chi connectivity index (χ2v) is 8.73. The summed E-state index contributed by atoms with van der Waals surface area (Å²) in [6.45, 7) is 4.54. The maximum absolute atomic E-state index is 5.69. The van der Waals surface area contributed by atoms with Crippen LogP contribution in [0.25, 0.3) is 0 Å². The maximum atomic E-state index is 5.69. The van der Waals surface area contributed by atoms with Crippen LogP contribution in [0.1, 0.15) is 69.4 Å². The Morgan fingerprint density at radius 2 is 1.65 bits per heavy atom. The third-order valence-corrected chi connectivity index (χ3v) is 6.81. The standard InChI is InChI=1S/C18H25BrO/c1-13(2)14-4-5-16(20-3)15(12-14)17-6-9-18(19,10-7-17)11-8-17/h4-5,12-13H,6-11H2,1-3H3. The molecule has 0 atom stereocenters. The molecule has 4 rings (SSSR count). The average Bonchev–Trinajstić information content (AvgIpc) is 2.47. The highest BCUT2D eigenvalue weighted by atomic mass is 79.9. The first kappa shape index (κ1) is 14.4. The topological polar surface area (TPSA) is 9.23 Å². The van der Waals surface area contributed by atoms with E-state index < -0.39 is 0 Å². The number of alkyl halides is 1. The van der Waals surface area contributed by atoms with Crippen molar-refractivity contribution in [3.63, 3.8) is 0 Å². The van der Waals surface area contributed by atoms with E-state index in [1.807, 2.05) is 7.11 Å². The van der Waals surface area contributed by atoms with Crippen LogP contribution in [0.2, 0.25) is 0 Å². The van der Waals surface area contributed by atoms with Gasteiger partial charge in [-0.1, -0.05) is 41.9 Å². The van der Waals surface area contributed by atoms with Gasteiger partial charge in [0.15, 0.2) is 0 Å². The van der Waals surface area contributed by atoms with Crippen LogP contribution in [0.4, 0.5) is 0 Å². The van der Waals surface area contributed by atoms with E-state index in [4.69, 9.17) is 4.74 Å². The van der Waals surface area contributed by atoms with E-state index in [1.165, 1.54) is 49.7 Å². The molecule has 0 spiro atoms. The molecule has 110 valence electrons. The number of hydrogen-bond acceptors (Lipinski definition) is 1. The number of rotatable bonds is 3. The van der Waals surface area contributed by atoms with Gasteiger partial charge in [-0.3, -0.25) is 0 Å². The highest BCUT2D eigenvalue weighted by molar-refractivity contribution is 9.10. The van der Waals surface area contributed by atoms with Gasteiger partial charge in [-0.05, 0) is 61.5 Å². The second-order valence-electron chi connectivity index (χ2n) is 7.05. The Hall–Kier alpha value is -0.500. The minimum absolute atomic E-state index is 0.367. The number of benzene rings is 1. The predicted molar refractivity (Wildman–Crippen MR) is 88.1 cm³/mol. The van der Waals surface area contributed by atoms with E-state index in [0.29, 0.717) is 15.7 Å². The molecule has 3 saturated carbocycles. The molecule has 20 heavy (non-hydrogen) atoms. The van der Waals surface area contributed by atoms with Crippen LogP contribution in [0, 0.1) is 0 Å². The molecular formula is C18H25BrO. The lowest BCUT2D eigenvalue weighted by atomic mass is 9.57. The van der Waals surface area contributed by atoms with Crippen LogP contribution in [0.15, 0.2) is 18.2 Å². The van der Waals surface area contributed by atoms with Crippen molar-refractivity contribution in [1.82, 2.24) is 0 Å². The molecule has 0 unspecified atom stereocenters. The van der Waals surface area contributed by atoms with Gasteiger partial charge in [0.2, 0.25) is 0 Å². The summed E-state index contributed by atoms with van der Waals surface area (Å²) in [5.41, 5.74) is 3.28. The second kappa shape index (κ2) is 5.05. The van der Waals surface area contributed by atoms with Gasteiger partial charge in [0.25, 0.3) is 0 Å². The Bertz CT molecular complexity index is 482. The molecule has 1 aromatic carbocycles. The minimum Gasteiger partial charge on any atom is -0.496 e. The number of ether oxygens (including phenoxy) is 1. The third kappa shape index (κ3) is 2.30. The van der Waals surface area contributed by atoms with Gasteiger partial charge < -0.3 is 4.74 Å². The van der Waals surface area contributed by atoms with Crippen molar-refractivity contribution >= 4 is 15.9 Å². The molecular weight excluding hydrogens is 312 g/mol. The van der Waals surface area contributed by atoms with Crippen LogP contribution in [0.3, 0.4) is 0 Å². The van der Waals surface area contributed by atoms with Gasteiger partial charge in [0.1, 0.15) is 5.75 Å². The van der Waals surface area contributed by atoms with Crippen LogP contribution in [-0.2, 0) is 5.41 Å². The molecule has 2 heteroatoms. The van der Waals surface area contributed by atoms with E-state index in [1.54, 1.807) is 0 Å². The Kier molecular flexibility index (Phi) is 3.64. The molecule has 0 N–H and O–H groups in total. The number of hydrogen-bond donors (Lipinski definition) is 0. The van der Waals surface area contributed by atoms with Crippen LogP contribution >= 0.6 is 15.9 Å². The van der Waals surface area contributed by atoms with Crippen molar-refractivity contribution in [2.24, 2.45) is 0 Å². The Balaban J connectivity index is 2.02. The summed E-state index contributed by atoms with van der Waals surface area (Å²) in [5.74, 6) is 1.68. The zero-order chi connectivity index (χ0) is 14.4. The lowest BCUT2D eigenvalue weighted by Gasteiger charge is -2.51. The first-order valence-corrected chi connectivity index (χ1v) is 8.65. The quantitative estimate of drug-likeness (QED) is 0.656. The highest BCUT2D eigenvalue weighted by Gasteiger charge is 2.49. The van der Waals surface area contributed by atoms with E-state index in [2.05, 4.69) is 48.0 Å². The van der Waals surface area contributed by atoms with Crippen molar-refractivity contribution in [2.45, 2.75) is 68.0 Å². The summed E-state index contributed by atoms with van der Waals surface area (Å²) in [4.78, 5) is 0. The summed E-state index contributed by atoms with van der Waals surface area (Å²) in [6, 6.07) is 6.84. The summed E-state index contributed by atoms with van der Waals surface area (Å²) in [7, 11) is 1.81. The molecule has 3 aliphatic rings. The van der Waals surface area contributed by atoms with Gasteiger partial charge in [-0.15, -0.1) is 0 Å². The number of methoxy groups -OCH3 is 1. The van der Waals surface area contributed by atoms with Crippen LogP contribution in [0.5, 0.6) is 5.75 Å². The zero-order valence-electron chi connectivity index (χ0n) is 12.8. The first-order chi connectivity index (χ1) is 9.48. The summed E-state index contributed by atoms with van der Waals surface area (Å²) in [5, 5.41) is 0. The van der Waals surface area contributed by atoms with Gasteiger partial charge in [-0.2, -0.15) is 0 Å². The molecule has 3 aliphatic carbocycles. The molecule has 0 amide bonds. The van der Waals surface area contributed by atoms with Crippen molar-refractivity contribution in [3.05, 3.63) is 29.3 Å². The molecule has 0 saturated heterocycles. The van der Waals surface area contributed by atoms with Gasteiger partial charge in [-0.25, -0.2) is 0 Å². The molecule has 0 aromatic heterocycles. The largest absolute Gasteiger partial charge is 0.496 e. The monoisotopic (exact) mass is 336 g/mol. The van der Waals surface area contributed by atoms with Crippen molar-refractivity contribution < 1.29 is 4.74 Å². The fourth-order valence-corrected chi connectivity index (χ4v) is 4.64. The number of fused-ring (bicyclic) bond motifs is 3. The molecule has 0 aliphatic heterocycles. The predicted octanol–water partition coefficient (Wildman–Crippen LogP) is 5.56. The lowest BCUT2D eigenvalue weighted by molar-refractivity contribution is 0.159. The minimum atomic E-state index is 0.367. The third-order valence-electron chi connectivity index (χ3n) is 5.62. The maximum Gasteiger partial charge on any atom is 0.122 e. The Morgan fingerprint density at radius 1 is 1.05 bits per heavy atom. The average molecular weight is 337 g/mol. The fraction of sp³-hybridized carbons (Fsp3) is 0.667. The van der Waals surface area contributed by atoms with Crippen LogP contribution in [-0.4, -0.2) is 11.4 Å². The molecule has 1 nitrogen and oxygen atoms in total. The van der Waals surface area contributed by atoms with E-state index in [0.717, 1.165) is 5.75 Å². The molecule has 1 aromatic rings. The van der Waals surface area contributed by atoms with E-state index in [-0.39, 0.29) is 0 Å². The number of halogens is 1. The van der Waals surface area contributed by atoms with Gasteiger partial charge in [0, 0.05) is 9.89 Å². The fourth-order valence-electron chi connectivity index (χ4n) is 4.04. The van der Waals surface area contributed by atoms with Crippen molar-refractivity contribution in [1.29, 1.82) is 0 Å². The Labute approximate surface area is 131 Å². The molecule has 0 radical (unpaired) electrons. The lowest BCUT2D eigenvalue weighted by Crippen LogP contribution is -2.45. The SMILES string of the molecule is COc1ccc(C(C)C)cc1C12CCC(Br)(CC1)CC2. The smallest absolute Gasteiger partial charge is 0.122 e. The molecule has 2 bridgehead atoms. The van der Waals surface area contributed by atoms with Crippen LogP contribution < -0.4 is 4.74 Å². The summed E-state index contributed by atoms with van der Waals surface area (Å²) < 4.78 is 6.13. The molecule has 3 fully saturated rings. The summed E-state index contributed by atoms with van der Waals surface area (Å²) >= 11 is 3.97. The molecule has 0 heterocycles. The van der Waals surface area contributed by atoms with E-state index in [9.17, 15) is 0 Å². The highest BCUT2D eigenvalue weighted by Crippen LogP contribution is 2.58. The Morgan fingerprint density at radius 3 is 2.15 bits per heavy atom. The van der Waals surface area contributed by atoms with Crippen molar-refractivity contribution in [3.8, 4) is 5.75 Å². The normalized spacial score (nSPS) is 32.6. The first-order valence-electron chi connectivity index (χ1n) is 7.85. The zero-order valence-corrected chi connectivity index (χ0v) is 14.4.